The van der Waals surface area contributed by atoms with Crippen LogP contribution in [0.2, 0.25) is 0 Å². The minimum atomic E-state index is 0.0701. The Hall–Kier alpha value is -2.25. The second-order valence-corrected chi connectivity index (χ2v) is 8.56. The maximum Gasteiger partial charge on any atom is 0.224 e. The van der Waals surface area contributed by atoms with Gasteiger partial charge in [-0.1, -0.05) is 18.1 Å². The van der Waals surface area contributed by atoms with Gasteiger partial charge >= 0.3 is 0 Å². The number of aromatic nitrogens is 2. The number of amides is 1. The number of piperidine rings is 2. The lowest BCUT2D eigenvalue weighted by atomic mass is 9.93. The molecule has 0 spiro atoms. The maximum atomic E-state index is 12.7. The van der Waals surface area contributed by atoms with E-state index in [2.05, 4.69) is 31.3 Å². The predicted octanol–water partition coefficient (Wildman–Crippen LogP) is 2.62. The number of rotatable bonds is 7. The quantitative estimate of drug-likeness (QED) is 0.755. The van der Waals surface area contributed by atoms with E-state index in [-0.39, 0.29) is 11.8 Å². The molecule has 0 radical (unpaired) electrons. The first kappa shape index (κ1) is 21.0. The van der Waals surface area contributed by atoms with Gasteiger partial charge in [0.15, 0.2) is 5.76 Å². The average Bonchev–Trinajstić information content (AvgIpc) is 3.27. The molecular weight excluding hydrogens is 378 g/mol. The molecular formula is C23H33N5O2. The zero-order chi connectivity index (χ0) is 20.8. The van der Waals surface area contributed by atoms with E-state index in [4.69, 9.17) is 4.52 Å². The van der Waals surface area contributed by atoms with E-state index < -0.39 is 0 Å². The van der Waals surface area contributed by atoms with Crippen LogP contribution in [0.25, 0.3) is 0 Å². The Morgan fingerprint density at radius 3 is 2.87 bits per heavy atom. The van der Waals surface area contributed by atoms with E-state index in [9.17, 15) is 4.79 Å². The number of pyridine rings is 1. The second kappa shape index (κ2) is 10.2. The topological polar surface area (TPSA) is 74.5 Å². The highest BCUT2D eigenvalue weighted by molar-refractivity contribution is 5.78. The van der Waals surface area contributed by atoms with Crippen molar-refractivity contribution < 1.29 is 9.32 Å². The summed E-state index contributed by atoms with van der Waals surface area (Å²) in [5.74, 6) is 0.942. The van der Waals surface area contributed by atoms with E-state index in [1.165, 1.54) is 18.4 Å². The highest BCUT2D eigenvalue weighted by Gasteiger charge is 2.31. The summed E-state index contributed by atoms with van der Waals surface area (Å²) in [6, 6.07) is 6.67. The molecule has 0 aliphatic carbocycles. The number of likely N-dealkylation sites (tertiary alicyclic amines) is 2. The molecule has 2 aromatic heterocycles. The van der Waals surface area contributed by atoms with Crippen LogP contribution in [-0.2, 0) is 24.3 Å². The van der Waals surface area contributed by atoms with Crippen LogP contribution in [0.3, 0.4) is 0 Å². The zero-order valence-corrected chi connectivity index (χ0v) is 17.9. The van der Waals surface area contributed by atoms with Crippen molar-refractivity contribution in [2.24, 2.45) is 5.92 Å². The Morgan fingerprint density at radius 1 is 1.27 bits per heavy atom. The van der Waals surface area contributed by atoms with Crippen molar-refractivity contribution in [2.45, 2.75) is 58.2 Å². The Morgan fingerprint density at radius 2 is 2.13 bits per heavy atom. The van der Waals surface area contributed by atoms with Crippen LogP contribution in [0.5, 0.6) is 0 Å². The molecule has 0 bridgehead atoms. The molecule has 0 unspecified atom stereocenters. The third kappa shape index (κ3) is 5.46. The van der Waals surface area contributed by atoms with Gasteiger partial charge in [-0.05, 0) is 63.4 Å². The van der Waals surface area contributed by atoms with Crippen LogP contribution in [-0.4, -0.2) is 58.1 Å². The highest BCUT2D eigenvalue weighted by atomic mass is 16.5. The predicted molar refractivity (Wildman–Crippen MR) is 115 cm³/mol. The van der Waals surface area contributed by atoms with Crippen LogP contribution in [0, 0.1) is 5.92 Å². The van der Waals surface area contributed by atoms with Crippen LogP contribution >= 0.6 is 0 Å². The molecule has 2 fully saturated rings. The number of hydrogen-bond acceptors (Lipinski definition) is 6. The van der Waals surface area contributed by atoms with Crippen molar-refractivity contribution in [3.63, 3.8) is 0 Å². The first-order valence-corrected chi connectivity index (χ1v) is 11.3. The van der Waals surface area contributed by atoms with Gasteiger partial charge in [0.2, 0.25) is 5.91 Å². The minimum Gasteiger partial charge on any atom is -0.359 e. The van der Waals surface area contributed by atoms with Gasteiger partial charge in [-0.15, -0.1) is 0 Å². The van der Waals surface area contributed by atoms with Gasteiger partial charge in [-0.25, -0.2) is 0 Å². The van der Waals surface area contributed by atoms with Gasteiger partial charge in [0.1, 0.15) is 0 Å². The normalized spacial score (nSPS) is 21.6. The number of carbonyl (C=O) groups excluding carboxylic acids is 1. The molecule has 1 atom stereocenters. The molecule has 4 heterocycles. The van der Waals surface area contributed by atoms with E-state index in [1.54, 1.807) is 0 Å². The first-order valence-electron chi connectivity index (χ1n) is 11.3. The SMILES string of the molecule is CCc1cc(CNC(=O)[C@H]2CCCN(C3CCN(Cc4cccnc4)CC3)C2)on1. The van der Waals surface area contributed by atoms with Gasteiger partial charge in [0.25, 0.3) is 0 Å². The number of aryl methyl sites for hydroxylation is 1. The molecule has 2 aliphatic heterocycles. The summed E-state index contributed by atoms with van der Waals surface area (Å²) in [7, 11) is 0. The summed E-state index contributed by atoms with van der Waals surface area (Å²) in [6.07, 6.45) is 9.04. The number of carbonyl (C=O) groups is 1. The van der Waals surface area contributed by atoms with Gasteiger partial charge in [-0.3, -0.25) is 19.6 Å². The molecule has 2 aliphatic rings. The molecule has 2 aromatic rings. The number of hydrogen-bond donors (Lipinski definition) is 1. The molecule has 4 rings (SSSR count). The third-order valence-corrected chi connectivity index (χ3v) is 6.43. The highest BCUT2D eigenvalue weighted by Crippen LogP contribution is 2.24. The smallest absolute Gasteiger partial charge is 0.224 e. The second-order valence-electron chi connectivity index (χ2n) is 8.56. The molecule has 2 saturated heterocycles. The Balaban J connectivity index is 1.22. The van der Waals surface area contributed by atoms with Crippen LogP contribution < -0.4 is 5.32 Å². The Labute approximate surface area is 178 Å². The van der Waals surface area contributed by atoms with E-state index in [0.717, 1.165) is 63.4 Å². The fraction of sp³-hybridized carbons (Fsp3) is 0.609. The lowest BCUT2D eigenvalue weighted by molar-refractivity contribution is -0.127. The molecule has 1 amide bonds. The third-order valence-electron chi connectivity index (χ3n) is 6.43. The van der Waals surface area contributed by atoms with Crippen molar-refractivity contribution in [3.8, 4) is 0 Å². The lowest BCUT2D eigenvalue weighted by Crippen LogP contribution is -2.50. The van der Waals surface area contributed by atoms with Crippen molar-refractivity contribution in [1.82, 2.24) is 25.3 Å². The standard InChI is InChI=1S/C23H33N5O2/c1-2-20-13-22(30-26-20)15-25-23(29)19-6-4-10-28(17-19)21-7-11-27(12-8-21)16-18-5-3-9-24-14-18/h3,5,9,13-14,19,21H,2,4,6-8,10-12,15-17H2,1H3,(H,25,29)/t19-/m0/s1. The Bertz CT molecular complexity index is 801. The summed E-state index contributed by atoms with van der Waals surface area (Å²) in [6.45, 7) is 7.65. The summed E-state index contributed by atoms with van der Waals surface area (Å²) < 4.78 is 5.28. The summed E-state index contributed by atoms with van der Waals surface area (Å²) in [5.41, 5.74) is 2.21. The summed E-state index contributed by atoms with van der Waals surface area (Å²) >= 11 is 0. The van der Waals surface area contributed by atoms with Crippen molar-refractivity contribution in [2.75, 3.05) is 26.2 Å². The minimum absolute atomic E-state index is 0.0701. The molecule has 162 valence electrons. The van der Waals surface area contributed by atoms with Gasteiger partial charge in [-0.2, -0.15) is 0 Å². The fourth-order valence-electron chi connectivity index (χ4n) is 4.67. The molecule has 0 saturated carbocycles. The lowest BCUT2D eigenvalue weighted by Gasteiger charge is -2.42. The van der Waals surface area contributed by atoms with E-state index in [1.807, 2.05) is 31.5 Å². The molecule has 30 heavy (non-hydrogen) atoms. The number of nitrogens with one attached hydrogen (secondary N) is 1. The maximum absolute atomic E-state index is 12.7. The largest absolute Gasteiger partial charge is 0.359 e. The van der Waals surface area contributed by atoms with Gasteiger partial charge in [0.05, 0.1) is 18.2 Å². The number of nitrogens with zero attached hydrogens (tertiary/aromatic N) is 4. The van der Waals surface area contributed by atoms with Gasteiger partial charge in [0, 0.05) is 37.6 Å². The summed E-state index contributed by atoms with van der Waals surface area (Å²) in [4.78, 5) is 22.0. The molecule has 1 N–H and O–H groups in total. The van der Waals surface area contributed by atoms with E-state index >= 15 is 0 Å². The average molecular weight is 412 g/mol. The van der Waals surface area contributed by atoms with Crippen molar-refractivity contribution in [1.29, 1.82) is 0 Å². The monoisotopic (exact) mass is 411 g/mol. The van der Waals surface area contributed by atoms with E-state index in [0.29, 0.717) is 12.6 Å². The summed E-state index contributed by atoms with van der Waals surface area (Å²) in [5, 5.41) is 7.04. The first-order chi connectivity index (χ1) is 14.7. The van der Waals surface area contributed by atoms with Gasteiger partial charge < -0.3 is 9.84 Å². The van der Waals surface area contributed by atoms with Crippen molar-refractivity contribution >= 4 is 5.91 Å². The fourth-order valence-corrected chi connectivity index (χ4v) is 4.67. The Kier molecular flexibility index (Phi) is 7.12. The van der Waals surface area contributed by atoms with Crippen LogP contribution in [0.4, 0.5) is 0 Å². The van der Waals surface area contributed by atoms with Crippen molar-refractivity contribution in [3.05, 3.63) is 47.6 Å². The zero-order valence-electron chi connectivity index (χ0n) is 17.9. The van der Waals surface area contributed by atoms with Crippen LogP contribution in [0.1, 0.15) is 49.6 Å². The molecule has 7 heteroatoms. The van der Waals surface area contributed by atoms with Crippen LogP contribution in [0.15, 0.2) is 35.1 Å². The molecule has 7 nitrogen and oxygen atoms in total. The molecule has 0 aromatic carbocycles.